The Bertz CT molecular complexity index is 769. The summed E-state index contributed by atoms with van der Waals surface area (Å²) in [5, 5.41) is 8.79. The molecule has 7 nitrogen and oxygen atoms in total. The third-order valence-corrected chi connectivity index (χ3v) is 4.45. The maximum Gasteiger partial charge on any atom is 0.371 e. The highest BCUT2D eigenvalue weighted by molar-refractivity contribution is 9.10. The lowest BCUT2D eigenvalue weighted by Crippen LogP contribution is -2.14. The molecule has 2 aromatic heterocycles. The fourth-order valence-electron chi connectivity index (χ4n) is 1.48. The molecule has 0 bridgehead atoms. The first-order chi connectivity index (χ1) is 9.31. The molecule has 2 heterocycles. The molecule has 0 fully saturated rings. The van der Waals surface area contributed by atoms with E-state index in [9.17, 15) is 13.2 Å². The standard InChI is InChI=1S/C11H9BrN2O5S/c1-6-9(5-8(19-6)11(15)16)20(17,18)14-10-7(12)3-2-4-13-10/h2-5H,1H3,(H,13,14)(H,15,16). The number of carboxylic acids is 1. The topological polar surface area (TPSA) is 109 Å². The molecule has 0 atom stereocenters. The Morgan fingerprint density at radius 3 is 2.75 bits per heavy atom. The molecule has 2 N–H and O–H groups in total. The Morgan fingerprint density at radius 2 is 2.20 bits per heavy atom. The Labute approximate surface area is 122 Å². The Balaban J connectivity index is 2.41. The van der Waals surface area contributed by atoms with Crippen LogP contribution >= 0.6 is 15.9 Å². The summed E-state index contributed by atoms with van der Waals surface area (Å²) in [7, 11) is -3.98. The lowest BCUT2D eigenvalue weighted by Gasteiger charge is -2.07. The van der Waals surface area contributed by atoms with Crippen molar-refractivity contribution < 1.29 is 22.7 Å². The third-order valence-electron chi connectivity index (χ3n) is 2.36. The zero-order valence-electron chi connectivity index (χ0n) is 10.1. The Hall–Kier alpha value is -1.87. The van der Waals surface area contributed by atoms with Crippen molar-refractivity contribution in [1.82, 2.24) is 4.98 Å². The molecule has 9 heteroatoms. The second-order valence-electron chi connectivity index (χ2n) is 3.78. The van der Waals surface area contributed by atoms with Gasteiger partial charge >= 0.3 is 5.97 Å². The maximum absolute atomic E-state index is 12.2. The second kappa shape index (κ2) is 5.25. The quantitative estimate of drug-likeness (QED) is 0.864. The number of hydrogen-bond donors (Lipinski definition) is 2. The summed E-state index contributed by atoms with van der Waals surface area (Å²) in [6.45, 7) is 1.37. The normalized spacial score (nSPS) is 11.3. The van der Waals surface area contributed by atoms with Gasteiger partial charge in [0.05, 0.1) is 4.47 Å². The monoisotopic (exact) mass is 360 g/mol. The summed E-state index contributed by atoms with van der Waals surface area (Å²) in [5.74, 6) is -1.69. The van der Waals surface area contributed by atoms with E-state index in [1.54, 1.807) is 12.1 Å². The van der Waals surface area contributed by atoms with E-state index in [2.05, 4.69) is 25.6 Å². The van der Waals surface area contributed by atoms with E-state index < -0.39 is 21.8 Å². The third kappa shape index (κ3) is 2.83. The van der Waals surface area contributed by atoms with Crippen LogP contribution in [0.2, 0.25) is 0 Å². The molecule has 0 aliphatic rings. The molecular formula is C11H9BrN2O5S. The first-order valence-electron chi connectivity index (χ1n) is 5.28. The van der Waals surface area contributed by atoms with Crippen molar-refractivity contribution in [2.45, 2.75) is 11.8 Å². The van der Waals surface area contributed by atoms with Gasteiger partial charge in [0.1, 0.15) is 10.7 Å². The molecule has 0 amide bonds. The molecule has 0 radical (unpaired) electrons. The predicted molar refractivity (Wildman–Crippen MR) is 73.1 cm³/mol. The minimum absolute atomic E-state index is 0.0121. The molecule has 0 unspecified atom stereocenters. The van der Waals surface area contributed by atoms with Crippen LogP contribution in [-0.2, 0) is 10.0 Å². The first-order valence-corrected chi connectivity index (χ1v) is 7.56. The van der Waals surface area contributed by atoms with Gasteiger partial charge in [-0.15, -0.1) is 0 Å². The maximum atomic E-state index is 12.2. The second-order valence-corrected chi connectivity index (χ2v) is 6.28. The predicted octanol–water partition coefficient (Wildman–Crippen LogP) is 2.24. The molecule has 0 aromatic carbocycles. The van der Waals surface area contributed by atoms with Crippen molar-refractivity contribution >= 4 is 37.7 Å². The van der Waals surface area contributed by atoms with Crippen LogP contribution in [0.4, 0.5) is 5.82 Å². The largest absolute Gasteiger partial charge is 0.475 e. The average Bonchev–Trinajstić information content (AvgIpc) is 2.75. The fourth-order valence-corrected chi connectivity index (χ4v) is 3.18. The van der Waals surface area contributed by atoms with Gasteiger partial charge in [0.25, 0.3) is 10.0 Å². The van der Waals surface area contributed by atoms with Gasteiger partial charge in [-0.3, -0.25) is 4.72 Å². The van der Waals surface area contributed by atoms with Gasteiger partial charge in [-0.1, -0.05) is 0 Å². The molecule has 2 rings (SSSR count). The van der Waals surface area contributed by atoms with Crippen LogP contribution in [0.1, 0.15) is 16.3 Å². The lowest BCUT2D eigenvalue weighted by molar-refractivity contribution is 0.0661. The first kappa shape index (κ1) is 14.5. The number of carbonyl (C=O) groups is 1. The molecule has 2 aromatic rings. The zero-order chi connectivity index (χ0) is 14.9. The summed E-state index contributed by atoms with van der Waals surface area (Å²) in [5.41, 5.74) is 0. The number of hydrogen-bond acceptors (Lipinski definition) is 5. The van der Waals surface area contributed by atoms with Crippen molar-refractivity contribution in [3.8, 4) is 0 Å². The van der Waals surface area contributed by atoms with Crippen LogP contribution in [0.3, 0.4) is 0 Å². The SMILES string of the molecule is Cc1oc(C(=O)O)cc1S(=O)(=O)Nc1ncccc1Br. The van der Waals surface area contributed by atoms with E-state index in [0.29, 0.717) is 4.47 Å². The molecule has 0 spiro atoms. The number of nitrogens with zero attached hydrogens (tertiary/aromatic N) is 1. The molecule has 0 saturated carbocycles. The minimum Gasteiger partial charge on any atom is -0.475 e. The Morgan fingerprint density at radius 1 is 1.50 bits per heavy atom. The van der Waals surface area contributed by atoms with Gasteiger partial charge in [-0.25, -0.2) is 18.2 Å². The summed E-state index contributed by atoms with van der Waals surface area (Å²) >= 11 is 3.16. The molecular weight excluding hydrogens is 352 g/mol. The highest BCUT2D eigenvalue weighted by Gasteiger charge is 2.24. The van der Waals surface area contributed by atoms with Crippen molar-refractivity contribution in [2.24, 2.45) is 0 Å². The number of furan rings is 1. The number of carboxylic acid groups (broad SMARTS) is 1. The number of aryl methyl sites for hydroxylation is 1. The minimum atomic E-state index is -3.98. The van der Waals surface area contributed by atoms with E-state index in [1.807, 2.05) is 0 Å². The summed E-state index contributed by atoms with van der Waals surface area (Å²) in [6.07, 6.45) is 1.42. The number of rotatable bonds is 4. The van der Waals surface area contributed by atoms with E-state index in [4.69, 9.17) is 9.52 Å². The van der Waals surface area contributed by atoms with Gasteiger partial charge in [-0.05, 0) is 35.0 Å². The highest BCUT2D eigenvalue weighted by atomic mass is 79.9. The van der Waals surface area contributed by atoms with Gasteiger partial charge in [0.15, 0.2) is 5.82 Å². The van der Waals surface area contributed by atoms with Crippen molar-refractivity contribution in [1.29, 1.82) is 0 Å². The van der Waals surface area contributed by atoms with Crippen LogP contribution in [0.5, 0.6) is 0 Å². The smallest absolute Gasteiger partial charge is 0.371 e. The Kier molecular flexibility index (Phi) is 3.82. The lowest BCUT2D eigenvalue weighted by atomic mass is 10.4. The van der Waals surface area contributed by atoms with Crippen LogP contribution in [0, 0.1) is 6.92 Å². The van der Waals surface area contributed by atoms with Gasteiger partial charge < -0.3 is 9.52 Å². The summed E-state index contributed by atoms with van der Waals surface area (Å²) < 4.78 is 32.0. The number of sulfonamides is 1. The van der Waals surface area contributed by atoms with Crippen LogP contribution < -0.4 is 4.72 Å². The van der Waals surface area contributed by atoms with E-state index in [-0.39, 0.29) is 16.5 Å². The fraction of sp³-hybridized carbons (Fsp3) is 0.0909. The molecule has 0 saturated heterocycles. The van der Waals surface area contributed by atoms with E-state index in [0.717, 1.165) is 6.07 Å². The van der Waals surface area contributed by atoms with Gasteiger partial charge in [0, 0.05) is 12.3 Å². The zero-order valence-corrected chi connectivity index (χ0v) is 12.5. The number of pyridine rings is 1. The highest BCUT2D eigenvalue weighted by Crippen LogP contribution is 2.25. The molecule has 0 aliphatic heterocycles. The van der Waals surface area contributed by atoms with E-state index in [1.165, 1.54) is 13.1 Å². The number of aromatic nitrogens is 1. The van der Waals surface area contributed by atoms with Crippen molar-refractivity contribution in [3.05, 3.63) is 40.4 Å². The van der Waals surface area contributed by atoms with E-state index >= 15 is 0 Å². The van der Waals surface area contributed by atoms with Gasteiger partial charge in [0.2, 0.25) is 5.76 Å². The summed E-state index contributed by atoms with van der Waals surface area (Å²) in [6, 6.07) is 4.21. The molecule has 20 heavy (non-hydrogen) atoms. The van der Waals surface area contributed by atoms with Crippen molar-refractivity contribution in [3.63, 3.8) is 0 Å². The van der Waals surface area contributed by atoms with Gasteiger partial charge in [-0.2, -0.15) is 0 Å². The number of halogens is 1. The number of aromatic carboxylic acids is 1. The number of nitrogens with one attached hydrogen (secondary N) is 1. The average molecular weight is 361 g/mol. The molecule has 106 valence electrons. The number of anilines is 1. The van der Waals surface area contributed by atoms with Crippen molar-refractivity contribution in [2.75, 3.05) is 4.72 Å². The van der Waals surface area contributed by atoms with Crippen LogP contribution in [0.25, 0.3) is 0 Å². The molecule has 0 aliphatic carbocycles. The van der Waals surface area contributed by atoms with Crippen LogP contribution in [0.15, 0.2) is 38.2 Å². The summed E-state index contributed by atoms with van der Waals surface area (Å²) in [4.78, 5) is 14.4. The van der Waals surface area contributed by atoms with Crippen LogP contribution in [-0.4, -0.2) is 24.5 Å².